The molecule has 0 radical (unpaired) electrons. The fraction of sp³-hybridized carbons (Fsp3) is 0.636. The van der Waals surface area contributed by atoms with Crippen LogP contribution in [0, 0.1) is 6.92 Å². The Morgan fingerprint density at radius 1 is 1.60 bits per heavy atom. The summed E-state index contributed by atoms with van der Waals surface area (Å²) in [4.78, 5) is 25.0. The van der Waals surface area contributed by atoms with E-state index in [1.807, 2.05) is 4.98 Å². The van der Waals surface area contributed by atoms with Gasteiger partial charge in [0.15, 0.2) is 12.4 Å². The minimum absolute atomic E-state index is 0.184. The van der Waals surface area contributed by atoms with E-state index in [0.29, 0.717) is 0 Å². The van der Waals surface area contributed by atoms with Crippen LogP contribution in [-0.2, 0) is 4.74 Å². The summed E-state index contributed by atoms with van der Waals surface area (Å²) in [6, 6.07) is 0. The van der Waals surface area contributed by atoms with E-state index in [2.05, 4.69) is 0 Å². The third kappa shape index (κ3) is 2.08. The van der Waals surface area contributed by atoms with Gasteiger partial charge in [0.1, 0.15) is 11.7 Å². The first-order chi connectivity index (χ1) is 9.36. The van der Waals surface area contributed by atoms with Crippen molar-refractivity contribution in [1.82, 2.24) is 9.55 Å². The molecule has 8 nitrogen and oxygen atoms in total. The van der Waals surface area contributed by atoms with Crippen LogP contribution in [0.1, 0.15) is 11.8 Å². The van der Waals surface area contributed by atoms with Crippen molar-refractivity contribution in [2.24, 2.45) is 5.73 Å². The summed E-state index contributed by atoms with van der Waals surface area (Å²) < 4.78 is 20.3. The van der Waals surface area contributed by atoms with Crippen LogP contribution in [0.3, 0.4) is 0 Å². The second-order valence-electron chi connectivity index (χ2n) is 4.80. The Hall–Kier alpha value is -1.55. The molecule has 4 atom stereocenters. The van der Waals surface area contributed by atoms with Gasteiger partial charge in [-0.3, -0.25) is 14.3 Å². The van der Waals surface area contributed by atoms with E-state index in [9.17, 15) is 24.2 Å². The number of halogens is 1. The molecule has 112 valence electrons. The predicted molar refractivity (Wildman–Crippen MR) is 66.0 cm³/mol. The maximum absolute atomic E-state index is 14.2. The molecule has 0 saturated carbocycles. The Kier molecular flexibility index (Phi) is 3.78. The van der Waals surface area contributed by atoms with E-state index in [0.717, 1.165) is 10.8 Å². The predicted octanol–water partition coefficient (Wildman–Crippen LogP) is -2.24. The number of ether oxygens (including phenoxy) is 1. The molecular formula is C11H16FN3O5. The van der Waals surface area contributed by atoms with Gasteiger partial charge in [0.25, 0.3) is 5.56 Å². The van der Waals surface area contributed by atoms with E-state index in [4.69, 9.17) is 10.5 Å². The van der Waals surface area contributed by atoms with Crippen LogP contribution in [0.25, 0.3) is 0 Å². The average Bonchev–Trinajstić information content (AvgIpc) is 2.68. The summed E-state index contributed by atoms with van der Waals surface area (Å²) in [6.07, 6.45) is -3.98. The van der Waals surface area contributed by atoms with E-state index in [1.165, 1.54) is 6.92 Å². The van der Waals surface area contributed by atoms with Gasteiger partial charge in [-0.05, 0) is 6.92 Å². The number of nitrogens with one attached hydrogen (secondary N) is 1. The average molecular weight is 289 g/mol. The van der Waals surface area contributed by atoms with Crippen LogP contribution in [0.5, 0.6) is 0 Å². The van der Waals surface area contributed by atoms with E-state index in [-0.39, 0.29) is 12.1 Å². The van der Waals surface area contributed by atoms with Gasteiger partial charge < -0.3 is 20.7 Å². The van der Waals surface area contributed by atoms with Gasteiger partial charge in [-0.1, -0.05) is 0 Å². The standard InChI is InChI=1S/C11H16FN3O5/c1-5-2-15(10(19)14-8(5)18)9-6(12)7(17)11(3-13,4-16)20-9/h2,6-7,9,16-17H,3-4,13H2,1H3,(H,14,18,19)/t6-,7-,9+,11+/m0/s1. The normalized spacial score (nSPS) is 33.5. The van der Waals surface area contributed by atoms with Gasteiger partial charge in [0.2, 0.25) is 0 Å². The zero-order valence-electron chi connectivity index (χ0n) is 10.7. The van der Waals surface area contributed by atoms with Crippen LogP contribution in [0.4, 0.5) is 4.39 Å². The van der Waals surface area contributed by atoms with Crippen LogP contribution >= 0.6 is 0 Å². The molecule has 9 heteroatoms. The molecule has 20 heavy (non-hydrogen) atoms. The lowest BCUT2D eigenvalue weighted by Gasteiger charge is -2.27. The molecule has 5 N–H and O–H groups in total. The van der Waals surface area contributed by atoms with Gasteiger partial charge in [0.05, 0.1) is 6.61 Å². The minimum Gasteiger partial charge on any atom is -0.393 e. The van der Waals surface area contributed by atoms with E-state index >= 15 is 0 Å². The highest BCUT2D eigenvalue weighted by Gasteiger charge is 2.55. The third-order valence-electron chi connectivity index (χ3n) is 3.50. The first kappa shape index (κ1) is 14.9. The van der Waals surface area contributed by atoms with Gasteiger partial charge in [-0.2, -0.15) is 0 Å². The molecular weight excluding hydrogens is 273 g/mol. The quantitative estimate of drug-likeness (QED) is 0.498. The fourth-order valence-corrected chi connectivity index (χ4v) is 2.17. The molecule has 1 aliphatic rings. The second kappa shape index (κ2) is 5.09. The number of aliphatic hydroxyl groups is 2. The van der Waals surface area contributed by atoms with Crippen molar-refractivity contribution in [3.63, 3.8) is 0 Å². The van der Waals surface area contributed by atoms with Crippen LogP contribution in [-0.4, -0.2) is 50.8 Å². The number of rotatable bonds is 3. The summed E-state index contributed by atoms with van der Waals surface area (Å²) in [5.74, 6) is 0. The molecule has 1 aliphatic heterocycles. The summed E-state index contributed by atoms with van der Waals surface area (Å²) >= 11 is 0. The SMILES string of the molecule is Cc1cn([C@@H]2O[C@](CN)(CO)[C@@H](O)[C@@H]2F)c(=O)[nH]c1=O. The first-order valence-electron chi connectivity index (χ1n) is 5.99. The lowest BCUT2D eigenvalue weighted by atomic mass is 9.97. The molecule has 0 unspecified atom stereocenters. The fourth-order valence-electron chi connectivity index (χ4n) is 2.17. The number of aromatic nitrogens is 2. The lowest BCUT2D eigenvalue weighted by molar-refractivity contribution is -0.122. The van der Waals surface area contributed by atoms with Crippen molar-refractivity contribution in [2.75, 3.05) is 13.2 Å². The molecule has 1 aromatic heterocycles. The van der Waals surface area contributed by atoms with Crippen molar-refractivity contribution >= 4 is 0 Å². The summed E-state index contributed by atoms with van der Waals surface area (Å²) in [5.41, 5.74) is 2.46. The Morgan fingerprint density at radius 2 is 2.25 bits per heavy atom. The van der Waals surface area contributed by atoms with Gasteiger partial charge in [0, 0.05) is 18.3 Å². The van der Waals surface area contributed by atoms with E-state index in [1.54, 1.807) is 0 Å². The Bertz CT molecular complexity index is 609. The maximum atomic E-state index is 14.2. The molecule has 1 saturated heterocycles. The highest BCUT2D eigenvalue weighted by atomic mass is 19.1. The lowest BCUT2D eigenvalue weighted by Crippen LogP contribution is -2.51. The van der Waals surface area contributed by atoms with Gasteiger partial charge in [-0.25, -0.2) is 9.18 Å². The molecule has 0 spiro atoms. The van der Waals surface area contributed by atoms with Crippen molar-refractivity contribution in [3.05, 3.63) is 32.6 Å². The number of H-pyrrole nitrogens is 1. The Balaban J connectivity index is 2.47. The van der Waals surface area contributed by atoms with Crippen molar-refractivity contribution in [3.8, 4) is 0 Å². The molecule has 0 aliphatic carbocycles. The topological polar surface area (TPSA) is 131 Å². The highest BCUT2D eigenvalue weighted by Crippen LogP contribution is 2.37. The zero-order chi connectivity index (χ0) is 15.1. The minimum atomic E-state index is -1.96. The van der Waals surface area contributed by atoms with Crippen molar-refractivity contribution in [2.45, 2.75) is 31.0 Å². The second-order valence-corrected chi connectivity index (χ2v) is 4.80. The zero-order valence-corrected chi connectivity index (χ0v) is 10.7. The number of aromatic amines is 1. The molecule has 2 heterocycles. The number of nitrogens with two attached hydrogens (primary N) is 1. The van der Waals surface area contributed by atoms with Crippen molar-refractivity contribution < 1.29 is 19.3 Å². The maximum Gasteiger partial charge on any atom is 0.330 e. The van der Waals surface area contributed by atoms with Crippen molar-refractivity contribution in [1.29, 1.82) is 0 Å². The van der Waals surface area contributed by atoms with Crippen LogP contribution in [0.2, 0.25) is 0 Å². The Labute approximate surface area is 112 Å². The number of alkyl halides is 1. The highest BCUT2D eigenvalue weighted by molar-refractivity contribution is 5.06. The molecule has 0 bridgehead atoms. The summed E-state index contributed by atoms with van der Waals surface area (Å²) in [6.45, 7) is 0.424. The van der Waals surface area contributed by atoms with E-state index < -0.39 is 42.0 Å². The number of hydrogen-bond donors (Lipinski definition) is 4. The molecule has 1 aromatic rings. The smallest absolute Gasteiger partial charge is 0.330 e. The molecule has 2 rings (SSSR count). The monoisotopic (exact) mass is 289 g/mol. The van der Waals surface area contributed by atoms with Crippen LogP contribution in [0.15, 0.2) is 15.8 Å². The summed E-state index contributed by atoms with van der Waals surface area (Å²) in [5, 5.41) is 19.1. The molecule has 0 amide bonds. The van der Waals surface area contributed by atoms with Gasteiger partial charge >= 0.3 is 5.69 Å². The summed E-state index contributed by atoms with van der Waals surface area (Å²) in [7, 11) is 0. The molecule has 1 fully saturated rings. The van der Waals surface area contributed by atoms with Crippen LogP contribution < -0.4 is 17.0 Å². The number of nitrogens with zero attached hydrogens (tertiary/aromatic N) is 1. The largest absolute Gasteiger partial charge is 0.393 e. The first-order valence-corrected chi connectivity index (χ1v) is 5.99. The number of aryl methyl sites for hydroxylation is 1. The third-order valence-corrected chi connectivity index (χ3v) is 3.50. The number of aliphatic hydroxyl groups excluding tert-OH is 2. The number of hydrogen-bond acceptors (Lipinski definition) is 6. The molecule has 0 aromatic carbocycles. The Morgan fingerprint density at radius 3 is 2.75 bits per heavy atom. The van der Waals surface area contributed by atoms with Gasteiger partial charge in [-0.15, -0.1) is 0 Å².